The highest BCUT2D eigenvalue weighted by Gasteiger charge is 2.32. The van der Waals surface area contributed by atoms with E-state index in [1.165, 1.54) is 9.80 Å². The van der Waals surface area contributed by atoms with Gasteiger partial charge in [-0.25, -0.2) is 4.79 Å². The van der Waals surface area contributed by atoms with Crippen molar-refractivity contribution in [1.82, 2.24) is 20.7 Å². The Morgan fingerprint density at radius 3 is 2.36 bits per heavy atom. The first-order chi connectivity index (χ1) is 12.0. The predicted molar refractivity (Wildman–Crippen MR) is 90.0 cm³/mol. The summed E-state index contributed by atoms with van der Waals surface area (Å²) in [6.45, 7) is 0.405. The zero-order valence-electron chi connectivity index (χ0n) is 14.2. The van der Waals surface area contributed by atoms with E-state index in [2.05, 4.69) is 10.9 Å². The zero-order chi connectivity index (χ0) is 18.2. The number of rotatable bonds is 7. The number of nitrogens with zero attached hydrogens (tertiary/aromatic N) is 2. The number of carbonyl (C=O) groups is 4. The summed E-state index contributed by atoms with van der Waals surface area (Å²) >= 11 is 0. The number of benzene rings is 1. The van der Waals surface area contributed by atoms with Gasteiger partial charge in [-0.1, -0.05) is 30.3 Å². The molecule has 1 aromatic carbocycles. The van der Waals surface area contributed by atoms with E-state index in [4.69, 9.17) is 0 Å². The van der Waals surface area contributed by atoms with Crippen molar-refractivity contribution in [2.45, 2.75) is 25.7 Å². The minimum atomic E-state index is -0.308. The van der Waals surface area contributed by atoms with Gasteiger partial charge in [0.25, 0.3) is 0 Å². The number of amides is 5. The molecule has 0 aromatic heterocycles. The Hall–Kier alpha value is -2.90. The Kier molecular flexibility index (Phi) is 6.50. The molecule has 25 heavy (non-hydrogen) atoms. The van der Waals surface area contributed by atoms with E-state index >= 15 is 0 Å². The van der Waals surface area contributed by atoms with E-state index < -0.39 is 0 Å². The Bertz CT molecular complexity index is 647. The van der Waals surface area contributed by atoms with Gasteiger partial charge in [0.15, 0.2) is 0 Å². The topological polar surface area (TPSA) is 98.8 Å². The summed E-state index contributed by atoms with van der Waals surface area (Å²) in [6.07, 6.45) is 1.45. The zero-order valence-corrected chi connectivity index (χ0v) is 14.2. The number of hydrogen-bond donors (Lipinski definition) is 2. The molecule has 0 spiro atoms. The van der Waals surface area contributed by atoms with Crippen LogP contribution < -0.4 is 10.9 Å². The lowest BCUT2D eigenvalue weighted by Crippen LogP contribution is -2.42. The van der Waals surface area contributed by atoms with Crippen LogP contribution in [0.15, 0.2) is 30.3 Å². The number of likely N-dealkylation sites (N-methyl/N-ethyl adjacent to an activating group) is 1. The fraction of sp³-hybridized carbons (Fsp3) is 0.412. The van der Waals surface area contributed by atoms with Crippen LogP contribution in [-0.4, -0.2) is 53.7 Å². The number of nitrogens with one attached hydrogen (secondary N) is 2. The Morgan fingerprint density at radius 2 is 1.72 bits per heavy atom. The van der Waals surface area contributed by atoms with E-state index in [9.17, 15) is 19.2 Å². The highest BCUT2D eigenvalue weighted by Crippen LogP contribution is 2.09. The maximum Gasteiger partial charge on any atom is 0.326 e. The number of urea groups is 1. The first kappa shape index (κ1) is 18.4. The van der Waals surface area contributed by atoms with Crippen LogP contribution in [0.25, 0.3) is 0 Å². The van der Waals surface area contributed by atoms with Gasteiger partial charge in [0.2, 0.25) is 17.7 Å². The lowest BCUT2D eigenvalue weighted by molar-refractivity contribution is -0.128. The van der Waals surface area contributed by atoms with E-state index in [0.29, 0.717) is 19.4 Å². The molecule has 0 unspecified atom stereocenters. The third-order valence-electron chi connectivity index (χ3n) is 3.82. The number of carbonyl (C=O) groups excluding carboxylic acids is 4. The molecular formula is C17H22N4O4. The van der Waals surface area contributed by atoms with Crippen LogP contribution >= 0.6 is 0 Å². The molecule has 134 valence electrons. The first-order valence-electron chi connectivity index (χ1n) is 8.14. The van der Waals surface area contributed by atoms with Gasteiger partial charge in [0.05, 0.1) is 6.42 Å². The van der Waals surface area contributed by atoms with Crippen LogP contribution in [0.5, 0.6) is 0 Å². The average Bonchev–Trinajstić information content (AvgIpc) is 2.83. The molecule has 1 aliphatic heterocycles. The number of hydrazine groups is 1. The van der Waals surface area contributed by atoms with E-state index in [1.807, 2.05) is 30.3 Å². The fourth-order valence-electron chi connectivity index (χ4n) is 2.47. The second kappa shape index (κ2) is 8.81. The molecule has 1 saturated heterocycles. The number of imide groups is 1. The summed E-state index contributed by atoms with van der Waals surface area (Å²) in [4.78, 5) is 49.2. The van der Waals surface area contributed by atoms with Gasteiger partial charge in [-0.15, -0.1) is 0 Å². The maximum atomic E-state index is 11.7. The lowest BCUT2D eigenvalue weighted by Gasteiger charge is -2.13. The SMILES string of the molecule is CN1CC(=O)N(CCCCC(=O)NNC(=O)Cc2ccccc2)C1=O. The monoisotopic (exact) mass is 346 g/mol. The minimum Gasteiger partial charge on any atom is -0.318 e. The number of hydrogen-bond acceptors (Lipinski definition) is 4. The molecule has 0 bridgehead atoms. The van der Waals surface area contributed by atoms with Crippen LogP contribution in [0, 0.1) is 0 Å². The Balaban J connectivity index is 1.59. The van der Waals surface area contributed by atoms with Gasteiger partial charge in [-0.2, -0.15) is 0 Å². The van der Waals surface area contributed by atoms with Gasteiger partial charge in [0, 0.05) is 20.0 Å². The van der Waals surface area contributed by atoms with Crippen LogP contribution in [0.1, 0.15) is 24.8 Å². The van der Waals surface area contributed by atoms with Gasteiger partial charge < -0.3 is 4.90 Å². The van der Waals surface area contributed by atoms with Crippen molar-refractivity contribution in [3.63, 3.8) is 0 Å². The van der Waals surface area contributed by atoms with Gasteiger partial charge >= 0.3 is 6.03 Å². The molecule has 0 radical (unpaired) electrons. The minimum absolute atomic E-state index is 0.104. The second-order valence-electron chi connectivity index (χ2n) is 5.90. The smallest absolute Gasteiger partial charge is 0.318 e. The molecule has 2 N–H and O–H groups in total. The molecule has 1 heterocycles. The maximum absolute atomic E-state index is 11.7. The van der Waals surface area contributed by atoms with Crippen molar-refractivity contribution in [2.75, 3.05) is 20.1 Å². The van der Waals surface area contributed by atoms with Gasteiger partial charge in [0.1, 0.15) is 6.54 Å². The Labute approximate surface area is 146 Å². The van der Waals surface area contributed by atoms with Crippen molar-refractivity contribution in [1.29, 1.82) is 0 Å². The van der Waals surface area contributed by atoms with Gasteiger partial charge in [-0.05, 0) is 18.4 Å². The van der Waals surface area contributed by atoms with Crippen molar-refractivity contribution in [3.8, 4) is 0 Å². The molecular weight excluding hydrogens is 324 g/mol. The molecule has 0 saturated carbocycles. The molecule has 5 amide bonds. The highest BCUT2D eigenvalue weighted by molar-refractivity contribution is 6.01. The van der Waals surface area contributed by atoms with Crippen LogP contribution in [0.3, 0.4) is 0 Å². The van der Waals surface area contributed by atoms with E-state index in [-0.39, 0.29) is 43.1 Å². The summed E-state index contributed by atoms with van der Waals surface area (Å²) in [5.74, 6) is -0.821. The molecule has 0 aliphatic carbocycles. The van der Waals surface area contributed by atoms with E-state index in [1.54, 1.807) is 7.05 Å². The summed E-state index contributed by atoms with van der Waals surface area (Å²) in [6, 6.07) is 8.91. The third-order valence-corrected chi connectivity index (χ3v) is 3.82. The standard InChI is InChI=1S/C17H22N4O4/c1-20-12-16(24)21(17(20)25)10-6-5-9-14(22)18-19-15(23)11-13-7-3-2-4-8-13/h2-4,7-8H,5-6,9-12H2,1H3,(H,18,22)(H,19,23). The molecule has 2 rings (SSSR count). The fourth-order valence-corrected chi connectivity index (χ4v) is 2.47. The molecule has 1 fully saturated rings. The summed E-state index contributed by atoms with van der Waals surface area (Å²) in [5, 5.41) is 0. The number of unbranched alkanes of at least 4 members (excludes halogenated alkanes) is 1. The molecule has 1 aliphatic rings. The van der Waals surface area contributed by atoms with Crippen molar-refractivity contribution < 1.29 is 19.2 Å². The van der Waals surface area contributed by atoms with E-state index in [0.717, 1.165) is 5.56 Å². The summed E-state index contributed by atoms with van der Waals surface area (Å²) in [7, 11) is 1.58. The average molecular weight is 346 g/mol. The van der Waals surface area contributed by atoms with Crippen molar-refractivity contribution in [2.24, 2.45) is 0 Å². The van der Waals surface area contributed by atoms with Crippen molar-refractivity contribution >= 4 is 23.8 Å². The lowest BCUT2D eigenvalue weighted by atomic mass is 10.1. The highest BCUT2D eigenvalue weighted by atomic mass is 16.2. The molecule has 1 aromatic rings. The van der Waals surface area contributed by atoms with Crippen LogP contribution in [-0.2, 0) is 20.8 Å². The molecule has 8 nitrogen and oxygen atoms in total. The molecule has 0 atom stereocenters. The quantitative estimate of drug-likeness (QED) is 0.425. The molecule has 8 heteroatoms. The third kappa shape index (κ3) is 5.59. The second-order valence-corrected chi connectivity index (χ2v) is 5.90. The Morgan fingerprint density at radius 1 is 1.04 bits per heavy atom. The first-order valence-corrected chi connectivity index (χ1v) is 8.14. The summed E-state index contributed by atoms with van der Waals surface area (Å²) < 4.78 is 0. The largest absolute Gasteiger partial charge is 0.326 e. The predicted octanol–water partition coefficient (Wildman–Crippen LogP) is 0.441. The van der Waals surface area contributed by atoms with Gasteiger partial charge in [-0.3, -0.25) is 30.1 Å². The normalized spacial score (nSPS) is 14.0. The van der Waals surface area contributed by atoms with Crippen LogP contribution in [0.4, 0.5) is 4.79 Å². The van der Waals surface area contributed by atoms with Crippen molar-refractivity contribution in [3.05, 3.63) is 35.9 Å². The summed E-state index contributed by atoms with van der Waals surface area (Å²) in [5.41, 5.74) is 5.59. The van der Waals surface area contributed by atoms with Crippen LogP contribution in [0.2, 0.25) is 0 Å².